The molecule has 10 nitrogen and oxygen atoms in total. The highest BCUT2D eigenvalue weighted by Gasteiger charge is 2.43. The molecular weight excluding hydrogens is 464 g/mol. The summed E-state index contributed by atoms with van der Waals surface area (Å²) < 4.78 is 28.3. The van der Waals surface area contributed by atoms with Crippen LogP contribution in [-0.4, -0.2) is 41.7 Å². The molecule has 0 bridgehead atoms. The molecule has 0 atom stereocenters. The molecule has 0 saturated carbocycles. The average Bonchev–Trinajstić information content (AvgIpc) is 3.07. The molecule has 0 unspecified atom stereocenters. The van der Waals surface area contributed by atoms with Crippen LogP contribution in [0.15, 0.2) is 48.7 Å². The van der Waals surface area contributed by atoms with Crippen molar-refractivity contribution in [1.82, 2.24) is 9.97 Å². The summed E-state index contributed by atoms with van der Waals surface area (Å²) in [6.07, 6.45) is 1.87. The van der Waals surface area contributed by atoms with E-state index in [2.05, 4.69) is 15.3 Å². The topological polar surface area (TPSA) is 162 Å². The fraction of sp³-hybridized carbons (Fsp3) is 0.222. The first-order chi connectivity index (χ1) is 14.5. The van der Waals surface area contributed by atoms with Crippen LogP contribution in [0.2, 0.25) is 0 Å². The van der Waals surface area contributed by atoms with Crippen LogP contribution in [0.25, 0.3) is 10.6 Å². The maximum absolute atomic E-state index is 11.3. The van der Waals surface area contributed by atoms with Crippen LogP contribution in [0.5, 0.6) is 5.75 Å². The van der Waals surface area contributed by atoms with Gasteiger partial charge in [-0.1, -0.05) is 30.3 Å². The Kier molecular flexibility index (Phi) is 7.28. The standard InChI is InChI=1S/C18H21N3O7P2S/c1-12-15(20-17(31-12)13-5-3-2-4-6-13)9-10-28-14-7-8-16(19-11-14)21-18(29(22,23)24)30(25,26)27/h2-8,11,18H,9-10H2,1H3,(H,19,21)(H2,22,23,24)(H2,25,26,27). The summed E-state index contributed by atoms with van der Waals surface area (Å²) in [5, 5.41) is 3.03. The maximum atomic E-state index is 11.3. The molecule has 3 aromatic rings. The molecule has 5 N–H and O–H groups in total. The van der Waals surface area contributed by atoms with E-state index in [0.717, 1.165) is 21.1 Å². The van der Waals surface area contributed by atoms with Crippen LogP contribution in [0.1, 0.15) is 10.6 Å². The SMILES string of the molecule is Cc1sc(-c2ccccc2)nc1CCOc1ccc(NC(P(=O)(O)O)P(=O)(O)O)nc1. The van der Waals surface area contributed by atoms with Crippen molar-refractivity contribution in [3.63, 3.8) is 0 Å². The molecule has 0 aliphatic rings. The number of nitrogens with one attached hydrogen (secondary N) is 1. The van der Waals surface area contributed by atoms with Gasteiger partial charge in [-0.3, -0.25) is 9.13 Å². The molecule has 0 radical (unpaired) electrons. The Morgan fingerprint density at radius 1 is 1.06 bits per heavy atom. The van der Waals surface area contributed by atoms with Crippen LogP contribution >= 0.6 is 26.5 Å². The number of rotatable bonds is 9. The zero-order valence-corrected chi connectivity index (χ0v) is 18.9. The highest BCUT2D eigenvalue weighted by molar-refractivity contribution is 7.71. The number of anilines is 1. The monoisotopic (exact) mass is 485 g/mol. The summed E-state index contributed by atoms with van der Waals surface area (Å²) in [7, 11) is -10.2. The van der Waals surface area contributed by atoms with Crippen LogP contribution in [0.3, 0.4) is 0 Å². The molecule has 2 heterocycles. The Bertz CT molecular complexity index is 1090. The number of ether oxygens (including phenoxy) is 1. The predicted octanol–water partition coefficient (Wildman–Crippen LogP) is 3.19. The van der Waals surface area contributed by atoms with Gasteiger partial charge in [-0.2, -0.15) is 0 Å². The quantitative estimate of drug-likeness (QED) is 0.285. The zero-order chi connectivity index (χ0) is 22.6. The molecule has 0 saturated heterocycles. The number of aryl methyl sites for hydroxylation is 1. The Morgan fingerprint density at radius 3 is 2.32 bits per heavy atom. The van der Waals surface area contributed by atoms with E-state index in [0.29, 0.717) is 18.8 Å². The lowest BCUT2D eigenvalue weighted by Gasteiger charge is -2.21. The lowest BCUT2D eigenvalue weighted by Crippen LogP contribution is -2.20. The van der Waals surface area contributed by atoms with Gasteiger partial charge in [0.1, 0.15) is 16.6 Å². The van der Waals surface area contributed by atoms with Crippen molar-refractivity contribution >= 4 is 32.3 Å². The van der Waals surface area contributed by atoms with E-state index in [1.54, 1.807) is 11.3 Å². The highest BCUT2D eigenvalue weighted by Crippen LogP contribution is 2.59. The number of hydrogen-bond acceptors (Lipinski definition) is 7. The number of hydrogen-bond donors (Lipinski definition) is 5. The lowest BCUT2D eigenvalue weighted by molar-refractivity contribution is 0.319. The summed E-state index contributed by atoms with van der Waals surface area (Å²) in [6, 6.07) is 12.7. The van der Waals surface area contributed by atoms with Gasteiger partial charge in [-0.25, -0.2) is 9.97 Å². The van der Waals surface area contributed by atoms with Crippen LogP contribution < -0.4 is 10.1 Å². The summed E-state index contributed by atoms with van der Waals surface area (Å²) in [5.74, 6) is 0.289. The third-order valence-corrected chi connectivity index (χ3v) is 8.57. The zero-order valence-electron chi connectivity index (χ0n) is 16.3. The molecule has 3 rings (SSSR count). The first-order valence-corrected chi connectivity index (χ1v) is 13.2. The van der Waals surface area contributed by atoms with Crippen LogP contribution in [0, 0.1) is 6.92 Å². The smallest absolute Gasteiger partial charge is 0.360 e. The fourth-order valence-corrected chi connectivity index (χ4v) is 5.81. The van der Waals surface area contributed by atoms with Crippen molar-refractivity contribution in [1.29, 1.82) is 0 Å². The molecule has 0 aliphatic carbocycles. The van der Waals surface area contributed by atoms with Crippen LogP contribution in [0.4, 0.5) is 5.82 Å². The highest BCUT2D eigenvalue weighted by atomic mass is 32.1. The summed E-state index contributed by atoms with van der Waals surface area (Å²) in [6.45, 7) is 2.33. The van der Waals surface area contributed by atoms with E-state index in [1.807, 2.05) is 37.3 Å². The Morgan fingerprint density at radius 2 is 1.74 bits per heavy atom. The van der Waals surface area contributed by atoms with Crippen molar-refractivity contribution in [3.05, 3.63) is 59.2 Å². The average molecular weight is 485 g/mol. The van der Waals surface area contributed by atoms with Gasteiger partial charge in [0, 0.05) is 16.9 Å². The minimum absolute atomic E-state index is 0.105. The van der Waals surface area contributed by atoms with Crippen molar-refractivity contribution < 1.29 is 33.4 Å². The van der Waals surface area contributed by atoms with E-state index < -0.39 is 20.7 Å². The van der Waals surface area contributed by atoms with E-state index in [-0.39, 0.29) is 5.82 Å². The first kappa shape index (κ1) is 23.6. The molecule has 166 valence electrons. The second kappa shape index (κ2) is 9.58. The van der Waals surface area contributed by atoms with Crippen molar-refractivity contribution in [2.24, 2.45) is 0 Å². The van der Waals surface area contributed by atoms with Gasteiger partial charge in [0.05, 0.1) is 18.5 Å². The summed E-state index contributed by atoms with van der Waals surface area (Å²) in [4.78, 5) is 46.3. The van der Waals surface area contributed by atoms with Gasteiger partial charge in [-0.05, 0) is 19.1 Å². The van der Waals surface area contributed by atoms with Gasteiger partial charge in [0.25, 0.3) is 0 Å². The normalized spacial score (nSPS) is 12.2. The molecule has 31 heavy (non-hydrogen) atoms. The second-order valence-electron chi connectivity index (χ2n) is 6.56. The minimum Gasteiger partial charge on any atom is -0.492 e. The third kappa shape index (κ3) is 6.44. The van der Waals surface area contributed by atoms with Gasteiger partial charge in [0.15, 0.2) is 0 Å². The number of nitrogens with zero attached hydrogens (tertiary/aromatic N) is 2. The molecule has 0 fully saturated rings. The molecule has 1 aromatic carbocycles. The number of pyridine rings is 1. The molecule has 2 aromatic heterocycles. The predicted molar refractivity (Wildman–Crippen MR) is 117 cm³/mol. The van der Waals surface area contributed by atoms with Crippen molar-refractivity contribution in [3.8, 4) is 16.3 Å². The number of benzene rings is 1. The Hall–Kier alpha value is -2.10. The van der Waals surface area contributed by atoms with E-state index >= 15 is 0 Å². The largest absolute Gasteiger partial charge is 0.492 e. The Balaban J connectivity index is 1.58. The molecule has 0 amide bonds. The van der Waals surface area contributed by atoms with Gasteiger partial charge >= 0.3 is 15.2 Å². The fourth-order valence-electron chi connectivity index (χ4n) is 2.68. The van der Waals surface area contributed by atoms with Crippen molar-refractivity contribution in [2.45, 2.75) is 18.9 Å². The summed E-state index contributed by atoms with van der Waals surface area (Å²) >= 11 is 1.61. The van der Waals surface area contributed by atoms with Gasteiger partial charge in [0.2, 0.25) is 5.52 Å². The van der Waals surface area contributed by atoms with E-state index in [4.69, 9.17) is 24.3 Å². The molecule has 13 heteroatoms. The second-order valence-corrected chi connectivity index (χ2v) is 11.6. The van der Waals surface area contributed by atoms with Gasteiger partial charge in [-0.15, -0.1) is 11.3 Å². The summed E-state index contributed by atoms with van der Waals surface area (Å²) in [5.41, 5.74) is -0.383. The molecule has 0 aliphatic heterocycles. The number of thiazole rings is 1. The van der Waals surface area contributed by atoms with E-state index in [1.165, 1.54) is 18.3 Å². The number of aromatic nitrogens is 2. The third-order valence-electron chi connectivity index (χ3n) is 4.17. The van der Waals surface area contributed by atoms with Crippen molar-refractivity contribution in [2.75, 3.05) is 11.9 Å². The van der Waals surface area contributed by atoms with E-state index in [9.17, 15) is 9.13 Å². The first-order valence-electron chi connectivity index (χ1n) is 9.01. The Labute approximate surface area is 182 Å². The van der Waals surface area contributed by atoms with Crippen LogP contribution in [-0.2, 0) is 15.6 Å². The maximum Gasteiger partial charge on any atom is 0.360 e. The lowest BCUT2D eigenvalue weighted by atomic mass is 10.2. The minimum atomic E-state index is -5.10. The van der Waals surface area contributed by atoms with Gasteiger partial charge < -0.3 is 29.6 Å². The molecule has 0 spiro atoms. The molecular formula is C18H21N3O7P2S.